The second kappa shape index (κ2) is 9.02. The maximum absolute atomic E-state index is 12.3. The van der Waals surface area contributed by atoms with Crippen molar-refractivity contribution in [3.63, 3.8) is 0 Å². The summed E-state index contributed by atoms with van der Waals surface area (Å²) in [5.41, 5.74) is 2.88. The lowest BCUT2D eigenvalue weighted by Gasteiger charge is -2.10. The van der Waals surface area contributed by atoms with Crippen LogP contribution in [0.5, 0.6) is 5.75 Å². The highest BCUT2D eigenvalue weighted by molar-refractivity contribution is 7.88. The van der Waals surface area contributed by atoms with E-state index < -0.39 is 10.0 Å². The molecule has 1 heterocycles. The Kier molecular flexibility index (Phi) is 6.46. The summed E-state index contributed by atoms with van der Waals surface area (Å²) in [6, 6.07) is 17.7. The summed E-state index contributed by atoms with van der Waals surface area (Å²) in [6.45, 7) is 2.13. The number of methoxy groups -OCH3 is 1. The predicted octanol–water partition coefficient (Wildman–Crippen LogP) is 2.35. The SMILES string of the molecule is COc1ccc(-c2ccc(=O)n(CCNS(=O)(=O)Cc3cccc(C)c3)n2)cc1. The maximum atomic E-state index is 12.3. The highest BCUT2D eigenvalue weighted by Gasteiger charge is 2.12. The standard InChI is InChI=1S/C21H23N3O4S/c1-16-4-3-5-17(14-16)15-29(26,27)22-12-13-24-21(25)11-10-20(23-24)18-6-8-19(28-2)9-7-18/h3-11,14,22H,12-13,15H2,1-2H3. The van der Waals surface area contributed by atoms with E-state index in [1.807, 2.05) is 49.4 Å². The minimum Gasteiger partial charge on any atom is -0.497 e. The van der Waals surface area contributed by atoms with Gasteiger partial charge in [0.1, 0.15) is 5.75 Å². The number of sulfonamides is 1. The van der Waals surface area contributed by atoms with E-state index in [1.165, 1.54) is 10.7 Å². The molecule has 0 unspecified atom stereocenters. The first-order chi connectivity index (χ1) is 13.9. The summed E-state index contributed by atoms with van der Waals surface area (Å²) in [4.78, 5) is 12.1. The van der Waals surface area contributed by atoms with E-state index in [1.54, 1.807) is 19.2 Å². The van der Waals surface area contributed by atoms with Crippen LogP contribution in [0, 0.1) is 6.92 Å². The van der Waals surface area contributed by atoms with Crippen LogP contribution >= 0.6 is 0 Å². The van der Waals surface area contributed by atoms with Crippen LogP contribution in [0.15, 0.2) is 65.5 Å². The van der Waals surface area contributed by atoms with E-state index in [4.69, 9.17) is 4.74 Å². The molecule has 0 spiro atoms. The fraction of sp³-hybridized carbons (Fsp3) is 0.238. The van der Waals surface area contributed by atoms with Gasteiger partial charge in [0.15, 0.2) is 0 Å². The molecule has 3 rings (SSSR count). The molecule has 0 aliphatic carbocycles. The lowest BCUT2D eigenvalue weighted by atomic mass is 10.1. The summed E-state index contributed by atoms with van der Waals surface area (Å²) >= 11 is 0. The highest BCUT2D eigenvalue weighted by Crippen LogP contribution is 2.19. The van der Waals surface area contributed by atoms with Gasteiger partial charge in [0.25, 0.3) is 5.56 Å². The Hall–Kier alpha value is -2.97. The van der Waals surface area contributed by atoms with E-state index in [0.29, 0.717) is 11.3 Å². The van der Waals surface area contributed by atoms with Gasteiger partial charge in [-0.3, -0.25) is 4.79 Å². The topological polar surface area (TPSA) is 90.3 Å². The molecule has 0 saturated heterocycles. The van der Waals surface area contributed by atoms with Crippen molar-refractivity contribution in [2.24, 2.45) is 0 Å². The third kappa shape index (κ3) is 5.75. The van der Waals surface area contributed by atoms with Crippen molar-refractivity contribution in [2.45, 2.75) is 19.2 Å². The summed E-state index contributed by atoms with van der Waals surface area (Å²) in [5.74, 6) is 0.619. The van der Waals surface area contributed by atoms with E-state index in [-0.39, 0.29) is 24.4 Å². The van der Waals surface area contributed by atoms with Gasteiger partial charge in [-0.25, -0.2) is 17.8 Å². The number of benzene rings is 2. The van der Waals surface area contributed by atoms with E-state index in [2.05, 4.69) is 9.82 Å². The van der Waals surface area contributed by atoms with E-state index >= 15 is 0 Å². The van der Waals surface area contributed by atoms with Crippen LogP contribution in [0.3, 0.4) is 0 Å². The number of ether oxygens (including phenoxy) is 1. The van der Waals surface area contributed by atoms with Gasteiger partial charge in [-0.2, -0.15) is 5.10 Å². The summed E-state index contributed by atoms with van der Waals surface area (Å²) < 4.78 is 33.5. The molecule has 0 atom stereocenters. The number of hydrogen-bond donors (Lipinski definition) is 1. The Morgan fingerprint density at radius 2 is 1.83 bits per heavy atom. The predicted molar refractivity (Wildman–Crippen MR) is 112 cm³/mol. The Morgan fingerprint density at radius 3 is 2.52 bits per heavy atom. The zero-order chi connectivity index (χ0) is 20.9. The normalized spacial score (nSPS) is 11.4. The first-order valence-corrected chi connectivity index (χ1v) is 10.8. The van der Waals surface area contributed by atoms with Crippen LogP contribution in [0.4, 0.5) is 0 Å². The zero-order valence-corrected chi connectivity index (χ0v) is 17.1. The van der Waals surface area contributed by atoms with Crippen molar-refractivity contribution in [1.29, 1.82) is 0 Å². The van der Waals surface area contributed by atoms with Gasteiger partial charge in [-0.15, -0.1) is 0 Å². The van der Waals surface area contributed by atoms with Crippen molar-refractivity contribution < 1.29 is 13.2 Å². The molecule has 0 amide bonds. The number of nitrogens with zero attached hydrogens (tertiary/aromatic N) is 2. The smallest absolute Gasteiger partial charge is 0.266 e. The molecular weight excluding hydrogens is 390 g/mol. The van der Waals surface area contributed by atoms with Gasteiger partial charge in [0.05, 0.1) is 25.1 Å². The fourth-order valence-electron chi connectivity index (χ4n) is 2.90. The van der Waals surface area contributed by atoms with Crippen LogP contribution in [0.1, 0.15) is 11.1 Å². The number of nitrogens with one attached hydrogen (secondary N) is 1. The monoisotopic (exact) mass is 413 g/mol. The summed E-state index contributed by atoms with van der Waals surface area (Å²) in [5, 5.41) is 4.34. The molecule has 1 N–H and O–H groups in total. The molecule has 152 valence electrons. The Labute approximate surface area is 170 Å². The molecule has 0 saturated carbocycles. The Bertz CT molecular complexity index is 1140. The Balaban J connectivity index is 1.66. The first-order valence-electron chi connectivity index (χ1n) is 9.12. The van der Waals surface area contributed by atoms with Crippen LogP contribution in [-0.4, -0.2) is 31.9 Å². The fourth-order valence-corrected chi connectivity index (χ4v) is 4.03. The number of rotatable bonds is 8. The molecule has 3 aromatic rings. The third-order valence-electron chi connectivity index (χ3n) is 4.34. The van der Waals surface area contributed by atoms with Crippen LogP contribution in [-0.2, 0) is 22.3 Å². The molecular formula is C21H23N3O4S. The lowest BCUT2D eigenvalue weighted by Crippen LogP contribution is -2.32. The van der Waals surface area contributed by atoms with Gasteiger partial charge in [-0.1, -0.05) is 29.8 Å². The third-order valence-corrected chi connectivity index (χ3v) is 5.69. The molecule has 1 aromatic heterocycles. The molecule has 8 heteroatoms. The summed E-state index contributed by atoms with van der Waals surface area (Å²) in [6.07, 6.45) is 0. The van der Waals surface area contributed by atoms with E-state index in [0.717, 1.165) is 16.9 Å². The average molecular weight is 413 g/mol. The zero-order valence-electron chi connectivity index (χ0n) is 16.3. The van der Waals surface area contributed by atoms with E-state index in [9.17, 15) is 13.2 Å². The van der Waals surface area contributed by atoms with Crippen molar-refractivity contribution in [2.75, 3.05) is 13.7 Å². The van der Waals surface area contributed by atoms with Crippen molar-refractivity contribution in [3.8, 4) is 17.0 Å². The van der Waals surface area contributed by atoms with Crippen molar-refractivity contribution >= 4 is 10.0 Å². The molecule has 0 aliphatic heterocycles. The largest absolute Gasteiger partial charge is 0.497 e. The first kappa shape index (κ1) is 20.8. The second-order valence-electron chi connectivity index (χ2n) is 6.65. The van der Waals surface area contributed by atoms with Crippen molar-refractivity contribution in [3.05, 3.63) is 82.1 Å². The van der Waals surface area contributed by atoms with Gasteiger partial charge in [0, 0.05) is 18.2 Å². The number of aromatic nitrogens is 2. The number of aryl methyl sites for hydroxylation is 1. The molecule has 7 nitrogen and oxygen atoms in total. The minimum atomic E-state index is -3.51. The minimum absolute atomic E-state index is 0.0765. The molecule has 0 bridgehead atoms. The quantitative estimate of drug-likeness (QED) is 0.612. The number of hydrogen-bond acceptors (Lipinski definition) is 5. The molecule has 2 aromatic carbocycles. The van der Waals surface area contributed by atoms with Gasteiger partial charge >= 0.3 is 0 Å². The average Bonchev–Trinajstić information content (AvgIpc) is 2.69. The van der Waals surface area contributed by atoms with Crippen molar-refractivity contribution in [1.82, 2.24) is 14.5 Å². The van der Waals surface area contributed by atoms with Crippen LogP contribution in [0.2, 0.25) is 0 Å². The van der Waals surface area contributed by atoms with Crippen LogP contribution < -0.4 is 15.0 Å². The molecule has 0 fully saturated rings. The van der Waals surface area contributed by atoms with Gasteiger partial charge < -0.3 is 4.74 Å². The maximum Gasteiger partial charge on any atom is 0.266 e. The van der Waals surface area contributed by atoms with Crippen LogP contribution in [0.25, 0.3) is 11.3 Å². The lowest BCUT2D eigenvalue weighted by molar-refractivity contribution is 0.415. The molecule has 0 radical (unpaired) electrons. The second-order valence-corrected chi connectivity index (χ2v) is 8.46. The Morgan fingerprint density at radius 1 is 1.07 bits per heavy atom. The molecule has 29 heavy (non-hydrogen) atoms. The van der Waals surface area contributed by atoms with Gasteiger partial charge in [0.2, 0.25) is 10.0 Å². The van der Waals surface area contributed by atoms with Gasteiger partial charge in [-0.05, 0) is 42.8 Å². The highest BCUT2D eigenvalue weighted by atomic mass is 32.2. The molecule has 0 aliphatic rings. The summed E-state index contributed by atoms with van der Waals surface area (Å²) in [7, 11) is -1.92.